The Hall–Kier alpha value is -2.97. The number of nitrogens with zero attached hydrogens (tertiary/aromatic N) is 4. The molecule has 5 rings (SSSR count). The standard InChI is InChI=1S/C25H22BrN5O2S2/c26-24-8-9-25(34-24)35(32,33)31-14-20-10-19(12-27)6-7-23(20)30(15-21-13-28-17-29-21)16-22(31)11-18-4-2-1-3-5-18/h1-10,13,17,22H,11,14-16H2,(H,28,29)/t22-/m1/s1. The largest absolute Gasteiger partial charge is 0.364 e. The molecule has 0 saturated carbocycles. The first kappa shape index (κ1) is 23.8. The zero-order valence-electron chi connectivity index (χ0n) is 18.6. The van der Waals surface area contributed by atoms with E-state index in [0.29, 0.717) is 29.3 Å². The van der Waals surface area contributed by atoms with Gasteiger partial charge in [0.05, 0.1) is 34.0 Å². The summed E-state index contributed by atoms with van der Waals surface area (Å²) in [4.78, 5) is 9.47. The molecule has 1 aliphatic heterocycles. The minimum absolute atomic E-state index is 0.180. The van der Waals surface area contributed by atoms with Gasteiger partial charge in [-0.05, 0) is 63.8 Å². The van der Waals surface area contributed by atoms with Gasteiger partial charge in [0.1, 0.15) is 4.21 Å². The van der Waals surface area contributed by atoms with Crippen LogP contribution in [0.2, 0.25) is 0 Å². The second kappa shape index (κ2) is 9.95. The number of fused-ring (bicyclic) bond motifs is 1. The van der Waals surface area contributed by atoms with Gasteiger partial charge >= 0.3 is 0 Å². The van der Waals surface area contributed by atoms with Crippen LogP contribution in [-0.4, -0.2) is 35.3 Å². The summed E-state index contributed by atoms with van der Waals surface area (Å²) in [6, 6.07) is 20.7. The lowest BCUT2D eigenvalue weighted by atomic mass is 10.1. The molecule has 35 heavy (non-hydrogen) atoms. The molecule has 0 fully saturated rings. The molecule has 0 unspecified atom stereocenters. The summed E-state index contributed by atoms with van der Waals surface area (Å²) in [5, 5.41) is 9.52. The van der Waals surface area contributed by atoms with E-state index in [1.54, 1.807) is 41.1 Å². The first-order valence-corrected chi connectivity index (χ1v) is 14.1. The number of nitrogens with one attached hydrogen (secondary N) is 1. The van der Waals surface area contributed by atoms with Crippen molar-refractivity contribution in [3.05, 3.63) is 99.4 Å². The van der Waals surface area contributed by atoms with E-state index in [-0.39, 0.29) is 12.6 Å². The number of anilines is 1. The Morgan fingerprint density at radius 1 is 1.17 bits per heavy atom. The Morgan fingerprint density at radius 2 is 2.00 bits per heavy atom. The minimum Gasteiger partial charge on any atom is -0.364 e. The maximum Gasteiger partial charge on any atom is 0.253 e. The Labute approximate surface area is 216 Å². The van der Waals surface area contributed by atoms with E-state index in [4.69, 9.17) is 0 Å². The molecule has 1 atom stereocenters. The van der Waals surface area contributed by atoms with E-state index in [2.05, 4.69) is 36.9 Å². The highest BCUT2D eigenvalue weighted by Crippen LogP contribution is 2.36. The van der Waals surface area contributed by atoms with Crippen LogP contribution >= 0.6 is 27.3 Å². The number of rotatable bonds is 6. The van der Waals surface area contributed by atoms with Crippen molar-refractivity contribution in [1.29, 1.82) is 5.26 Å². The minimum atomic E-state index is -3.79. The zero-order chi connectivity index (χ0) is 24.4. The highest BCUT2D eigenvalue weighted by molar-refractivity contribution is 9.11. The van der Waals surface area contributed by atoms with Crippen molar-refractivity contribution in [2.24, 2.45) is 0 Å². The number of H-pyrrole nitrogens is 1. The fourth-order valence-electron chi connectivity index (χ4n) is 4.44. The topological polar surface area (TPSA) is 93.1 Å². The molecule has 0 bridgehead atoms. The highest BCUT2D eigenvalue weighted by atomic mass is 79.9. The summed E-state index contributed by atoms with van der Waals surface area (Å²) in [6.45, 7) is 1.21. The van der Waals surface area contributed by atoms with Gasteiger partial charge < -0.3 is 9.88 Å². The molecule has 0 radical (unpaired) electrons. The van der Waals surface area contributed by atoms with Crippen molar-refractivity contribution in [2.45, 2.75) is 29.8 Å². The molecule has 0 amide bonds. The number of halogens is 1. The van der Waals surface area contributed by atoms with E-state index >= 15 is 0 Å². The number of hydrogen-bond acceptors (Lipinski definition) is 6. The summed E-state index contributed by atoms with van der Waals surface area (Å²) < 4.78 is 30.6. The third-order valence-electron chi connectivity index (χ3n) is 6.06. The lowest BCUT2D eigenvalue weighted by Crippen LogP contribution is -2.45. The summed E-state index contributed by atoms with van der Waals surface area (Å²) in [7, 11) is -3.79. The van der Waals surface area contributed by atoms with E-state index in [1.807, 2.05) is 36.4 Å². The van der Waals surface area contributed by atoms with Gasteiger partial charge in [-0.2, -0.15) is 9.57 Å². The molecule has 3 heterocycles. The van der Waals surface area contributed by atoms with E-state index in [1.165, 1.54) is 11.3 Å². The third kappa shape index (κ3) is 5.04. The Bertz CT molecular complexity index is 1460. The number of imidazole rings is 1. The maximum absolute atomic E-state index is 14.0. The molecule has 1 aliphatic rings. The second-order valence-electron chi connectivity index (χ2n) is 8.37. The number of benzene rings is 2. The van der Waals surface area contributed by atoms with E-state index in [9.17, 15) is 13.7 Å². The van der Waals surface area contributed by atoms with Gasteiger partial charge in [0.25, 0.3) is 10.0 Å². The number of aromatic amines is 1. The average molecular weight is 569 g/mol. The monoisotopic (exact) mass is 567 g/mol. The molecule has 0 saturated heterocycles. The van der Waals surface area contributed by atoms with Gasteiger partial charge in [-0.25, -0.2) is 13.4 Å². The normalized spacial score (nSPS) is 16.5. The van der Waals surface area contributed by atoms with Crippen LogP contribution in [-0.2, 0) is 29.5 Å². The van der Waals surface area contributed by atoms with Crippen molar-refractivity contribution in [2.75, 3.05) is 11.4 Å². The Balaban J connectivity index is 1.62. The first-order valence-electron chi connectivity index (χ1n) is 11.0. The van der Waals surface area contributed by atoms with Crippen molar-refractivity contribution in [1.82, 2.24) is 14.3 Å². The van der Waals surface area contributed by atoms with Crippen molar-refractivity contribution >= 4 is 43.0 Å². The fourth-order valence-corrected chi connectivity index (χ4v) is 8.18. The van der Waals surface area contributed by atoms with Gasteiger partial charge in [-0.3, -0.25) is 0 Å². The fraction of sp³-hybridized carbons (Fsp3) is 0.200. The lowest BCUT2D eigenvalue weighted by Gasteiger charge is -2.31. The van der Waals surface area contributed by atoms with Crippen LogP contribution in [0.4, 0.5) is 5.69 Å². The van der Waals surface area contributed by atoms with Gasteiger partial charge in [-0.1, -0.05) is 30.3 Å². The summed E-state index contributed by atoms with van der Waals surface area (Å²) in [5.41, 5.74) is 4.22. The molecule has 7 nitrogen and oxygen atoms in total. The van der Waals surface area contributed by atoms with Crippen LogP contribution in [0.25, 0.3) is 0 Å². The number of sulfonamides is 1. The Morgan fingerprint density at radius 3 is 2.69 bits per heavy atom. The molecule has 4 aromatic rings. The average Bonchev–Trinajstić information content (AvgIpc) is 3.51. The zero-order valence-corrected chi connectivity index (χ0v) is 21.9. The first-order chi connectivity index (χ1) is 16.9. The predicted molar refractivity (Wildman–Crippen MR) is 139 cm³/mol. The summed E-state index contributed by atoms with van der Waals surface area (Å²) in [5.74, 6) is 0. The molecule has 178 valence electrons. The van der Waals surface area contributed by atoms with Gasteiger partial charge in [0.2, 0.25) is 0 Å². The molecular formula is C25H22BrN5O2S2. The number of thiophene rings is 1. The maximum atomic E-state index is 14.0. The molecule has 0 spiro atoms. The second-order valence-corrected chi connectivity index (χ2v) is 12.9. The van der Waals surface area contributed by atoms with Crippen molar-refractivity contribution < 1.29 is 8.42 Å². The Kier molecular flexibility index (Phi) is 6.75. The third-order valence-corrected chi connectivity index (χ3v) is 10.0. The number of nitriles is 1. The van der Waals surface area contributed by atoms with Crippen LogP contribution in [0.15, 0.2) is 81.2 Å². The predicted octanol–water partition coefficient (Wildman–Crippen LogP) is 4.93. The van der Waals surface area contributed by atoms with E-state index in [0.717, 1.165) is 26.3 Å². The summed E-state index contributed by atoms with van der Waals surface area (Å²) >= 11 is 4.61. The van der Waals surface area contributed by atoms with Crippen LogP contribution in [0, 0.1) is 11.3 Å². The summed E-state index contributed by atoms with van der Waals surface area (Å²) in [6.07, 6.45) is 3.98. The molecule has 0 aliphatic carbocycles. The van der Waals surface area contributed by atoms with Crippen molar-refractivity contribution in [3.63, 3.8) is 0 Å². The van der Waals surface area contributed by atoms with Crippen LogP contribution in [0.5, 0.6) is 0 Å². The molecule has 2 aromatic carbocycles. The van der Waals surface area contributed by atoms with Crippen LogP contribution in [0.1, 0.15) is 22.4 Å². The smallest absolute Gasteiger partial charge is 0.253 e. The lowest BCUT2D eigenvalue weighted by molar-refractivity contribution is 0.318. The van der Waals surface area contributed by atoms with E-state index < -0.39 is 10.0 Å². The molecule has 2 aromatic heterocycles. The molecule has 10 heteroatoms. The highest BCUT2D eigenvalue weighted by Gasteiger charge is 2.37. The number of hydrogen-bond donors (Lipinski definition) is 1. The van der Waals surface area contributed by atoms with Crippen LogP contribution < -0.4 is 4.90 Å². The van der Waals surface area contributed by atoms with Gasteiger partial charge in [0, 0.05) is 31.0 Å². The van der Waals surface area contributed by atoms with Gasteiger partial charge in [-0.15, -0.1) is 11.3 Å². The molecular weight excluding hydrogens is 546 g/mol. The number of aromatic nitrogens is 2. The van der Waals surface area contributed by atoms with Crippen LogP contribution in [0.3, 0.4) is 0 Å². The van der Waals surface area contributed by atoms with Crippen molar-refractivity contribution in [3.8, 4) is 6.07 Å². The van der Waals surface area contributed by atoms with Gasteiger partial charge in [0.15, 0.2) is 0 Å². The molecule has 1 N–H and O–H groups in total. The SMILES string of the molecule is N#Cc1ccc2c(c1)CN(S(=O)(=O)c1ccc(Br)s1)[C@H](Cc1ccccc1)CN2Cc1cnc[nH]1. The quantitative estimate of drug-likeness (QED) is 0.356.